The predicted molar refractivity (Wildman–Crippen MR) is 136 cm³/mol. The number of benzene rings is 1. The number of ether oxygens (including phenoxy) is 1. The molecule has 2 rings (SSSR count). The average molecular weight is 435 g/mol. The molecule has 0 unspecified atom stereocenters. The van der Waals surface area contributed by atoms with E-state index >= 15 is 0 Å². The summed E-state index contributed by atoms with van der Waals surface area (Å²) in [5.74, 6) is 1.72. The minimum Gasteiger partial charge on any atom is -0.494 e. The van der Waals surface area contributed by atoms with Gasteiger partial charge in [0.25, 0.3) is 0 Å². The van der Waals surface area contributed by atoms with Crippen molar-refractivity contribution in [2.75, 3.05) is 20.2 Å². The van der Waals surface area contributed by atoms with Gasteiger partial charge in [-0.3, -0.25) is 4.68 Å². The second kappa shape index (κ2) is 22.8. The van der Waals surface area contributed by atoms with Gasteiger partial charge in [-0.2, -0.15) is 0 Å². The monoisotopic (exact) mass is 434 g/mol. The van der Waals surface area contributed by atoms with Crippen LogP contribution in [0.4, 0.5) is 0 Å². The molecule has 0 saturated heterocycles. The summed E-state index contributed by atoms with van der Waals surface area (Å²) in [4.78, 5) is 0. The Kier molecular flexibility index (Phi) is 23.0. The fourth-order valence-corrected chi connectivity index (χ4v) is 2.47. The minimum atomic E-state index is 0.701. The third kappa shape index (κ3) is 18.6. The first-order chi connectivity index (χ1) is 15.0. The van der Waals surface area contributed by atoms with Crippen molar-refractivity contribution in [1.82, 2.24) is 20.3 Å². The van der Waals surface area contributed by atoms with Gasteiger partial charge >= 0.3 is 0 Å². The van der Waals surface area contributed by atoms with Crippen molar-refractivity contribution in [3.05, 3.63) is 41.7 Å². The SMILES string of the molecule is CC.CC.CCNC.Cc1ccc(OCCCn2cc(CCCCC(C)C)nn2)cc1. The highest BCUT2D eigenvalue weighted by Gasteiger charge is 2.02. The molecule has 5 nitrogen and oxygen atoms in total. The Bertz CT molecular complexity index is 592. The van der Waals surface area contributed by atoms with Gasteiger partial charge in [0, 0.05) is 19.2 Å². The van der Waals surface area contributed by atoms with Gasteiger partial charge in [-0.1, -0.05) is 84.2 Å². The Morgan fingerprint density at radius 1 is 1.00 bits per heavy atom. The van der Waals surface area contributed by atoms with Crippen LogP contribution in [-0.4, -0.2) is 35.2 Å². The molecule has 0 atom stereocenters. The molecule has 0 aliphatic heterocycles. The van der Waals surface area contributed by atoms with Gasteiger partial charge in [0.15, 0.2) is 0 Å². The molecule has 0 bridgehead atoms. The highest BCUT2D eigenvalue weighted by Crippen LogP contribution is 2.12. The Hall–Kier alpha value is -1.88. The summed E-state index contributed by atoms with van der Waals surface area (Å²) in [6.07, 6.45) is 7.81. The highest BCUT2D eigenvalue weighted by atomic mass is 16.5. The number of hydrogen-bond acceptors (Lipinski definition) is 4. The number of aryl methyl sites for hydroxylation is 3. The number of rotatable bonds is 11. The van der Waals surface area contributed by atoms with Crippen LogP contribution in [0.25, 0.3) is 0 Å². The van der Waals surface area contributed by atoms with E-state index < -0.39 is 0 Å². The highest BCUT2D eigenvalue weighted by molar-refractivity contribution is 5.26. The topological polar surface area (TPSA) is 52.0 Å². The molecule has 0 saturated carbocycles. The lowest BCUT2D eigenvalue weighted by atomic mass is 10.0. The van der Waals surface area contributed by atoms with Crippen molar-refractivity contribution in [3.63, 3.8) is 0 Å². The largest absolute Gasteiger partial charge is 0.494 e. The van der Waals surface area contributed by atoms with E-state index in [-0.39, 0.29) is 0 Å². The molecule has 2 aromatic rings. The Balaban J connectivity index is 0. The van der Waals surface area contributed by atoms with Crippen molar-refractivity contribution in [1.29, 1.82) is 0 Å². The van der Waals surface area contributed by atoms with E-state index in [0.717, 1.165) is 43.3 Å². The van der Waals surface area contributed by atoms with E-state index in [0.29, 0.717) is 6.61 Å². The quantitative estimate of drug-likeness (QED) is 0.400. The molecular formula is C26H50N4O. The zero-order chi connectivity index (χ0) is 23.9. The molecule has 0 radical (unpaired) electrons. The van der Waals surface area contributed by atoms with Crippen molar-refractivity contribution in [2.24, 2.45) is 5.92 Å². The van der Waals surface area contributed by atoms with Gasteiger partial charge in [-0.05, 0) is 51.4 Å². The molecular weight excluding hydrogens is 384 g/mol. The van der Waals surface area contributed by atoms with Gasteiger partial charge < -0.3 is 10.1 Å². The molecule has 31 heavy (non-hydrogen) atoms. The molecule has 0 aliphatic rings. The molecule has 5 heteroatoms. The summed E-state index contributed by atoms with van der Waals surface area (Å²) in [7, 11) is 1.93. The normalized spacial score (nSPS) is 9.61. The minimum absolute atomic E-state index is 0.701. The maximum absolute atomic E-state index is 5.73. The van der Waals surface area contributed by atoms with Crippen molar-refractivity contribution in [2.45, 2.75) is 94.0 Å². The van der Waals surface area contributed by atoms with Crippen LogP contribution < -0.4 is 10.1 Å². The molecule has 1 aromatic carbocycles. The maximum atomic E-state index is 5.73. The number of nitrogens with one attached hydrogen (secondary N) is 1. The second-order valence-corrected chi connectivity index (χ2v) is 7.33. The molecule has 1 N–H and O–H groups in total. The summed E-state index contributed by atoms with van der Waals surface area (Å²) in [6.45, 7) is 19.3. The van der Waals surface area contributed by atoms with E-state index in [4.69, 9.17) is 4.74 Å². The number of aromatic nitrogens is 3. The first-order valence-electron chi connectivity index (χ1n) is 12.3. The van der Waals surface area contributed by atoms with Gasteiger partial charge in [-0.25, -0.2) is 0 Å². The number of hydrogen-bond donors (Lipinski definition) is 1. The van der Waals surface area contributed by atoms with Gasteiger partial charge in [0.1, 0.15) is 5.75 Å². The zero-order valence-corrected chi connectivity index (χ0v) is 21.9. The summed E-state index contributed by atoms with van der Waals surface area (Å²) in [5, 5.41) is 11.4. The van der Waals surface area contributed by atoms with Gasteiger partial charge in [0.05, 0.1) is 12.3 Å². The van der Waals surface area contributed by atoms with E-state index in [1.165, 1.54) is 24.8 Å². The fraction of sp³-hybridized carbons (Fsp3) is 0.692. The van der Waals surface area contributed by atoms with Crippen LogP contribution in [0.2, 0.25) is 0 Å². The molecule has 0 aliphatic carbocycles. The molecule has 0 fully saturated rings. The van der Waals surface area contributed by atoms with Crippen LogP contribution in [0.3, 0.4) is 0 Å². The molecule has 1 heterocycles. The van der Waals surface area contributed by atoms with Crippen LogP contribution in [0.1, 0.15) is 85.4 Å². The van der Waals surface area contributed by atoms with Crippen LogP contribution in [0.15, 0.2) is 30.5 Å². The second-order valence-electron chi connectivity index (χ2n) is 7.33. The zero-order valence-electron chi connectivity index (χ0n) is 21.9. The summed E-state index contributed by atoms with van der Waals surface area (Å²) in [5.41, 5.74) is 2.36. The van der Waals surface area contributed by atoms with E-state index in [2.05, 4.69) is 61.7 Å². The smallest absolute Gasteiger partial charge is 0.119 e. The van der Waals surface area contributed by atoms with E-state index in [1.54, 1.807) is 0 Å². The lowest BCUT2D eigenvalue weighted by Gasteiger charge is -2.06. The third-order valence-corrected chi connectivity index (χ3v) is 4.23. The van der Waals surface area contributed by atoms with Crippen LogP contribution in [-0.2, 0) is 13.0 Å². The fourth-order valence-electron chi connectivity index (χ4n) is 2.47. The van der Waals surface area contributed by atoms with Crippen LogP contribution in [0, 0.1) is 12.8 Å². The third-order valence-electron chi connectivity index (χ3n) is 4.23. The Morgan fingerprint density at radius 2 is 1.61 bits per heavy atom. The van der Waals surface area contributed by atoms with Gasteiger partial charge in [0.2, 0.25) is 0 Å². The van der Waals surface area contributed by atoms with Crippen molar-refractivity contribution >= 4 is 0 Å². The Morgan fingerprint density at radius 3 is 2.16 bits per heavy atom. The standard InChI is InChI=1S/C19H29N3O.C3H9N.2C2H6/c1-16(2)7-4-5-8-18-15-22(21-20-18)13-6-14-23-19-11-9-17(3)10-12-19;1-3-4-2;2*1-2/h9-12,15-16H,4-8,13-14H2,1-3H3;4H,3H2,1-2H3;2*1-2H3. The first kappa shape index (κ1) is 31.3. The van der Waals surface area contributed by atoms with E-state index in [9.17, 15) is 0 Å². The maximum Gasteiger partial charge on any atom is 0.119 e. The predicted octanol–water partition coefficient (Wildman–Crippen LogP) is 6.70. The number of unbranched alkanes of at least 4 members (excludes halogenated alkanes) is 1. The summed E-state index contributed by atoms with van der Waals surface area (Å²) in [6, 6.07) is 8.16. The van der Waals surface area contributed by atoms with E-state index in [1.807, 2.05) is 51.6 Å². The molecule has 180 valence electrons. The Labute approximate surface area is 193 Å². The van der Waals surface area contributed by atoms with Crippen molar-refractivity contribution < 1.29 is 4.74 Å². The number of nitrogens with zero attached hydrogens (tertiary/aromatic N) is 3. The average Bonchev–Trinajstić information content (AvgIpc) is 3.26. The lowest BCUT2D eigenvalue weighted by molar-refractivity contribution is 0.298. The van der Waals surface area contributed by atoms with Crippen LogP contribution in [0.5, 0.6) is 5.75 Å². The van der Waals surface area contributed by atoms with Crippen molar-refractivity contribution in [3.8, 4) is 5.75 Å². The summed E-state index contributed by atoms with van der Waals surface area (Å²) < 4.78 is 7.66. The lowest BCUT2D eigenvalue weighted by Crippen LogP contribution is -2.05. The van der Waals surface area contributed by atoms with Gasteiger partial charge in [-0.15, -0.1) is 5.10 Å². The summed E-state index contributed by atoms with van der Waals surface area (Å²) >= 11 is 0. The molecule has 0 spiro atoms. The molecule has 1 aromatic heterocycles. The van der Waals surface area contributed by atoms with Crippen LogP contribution >= 0.6 is 0 Å². The molecule has 0 amide bonds. The first-order valence-corrected chi connectivity index (χ1v) is 12.3.